The van der Waals surface area contributed by atoms with Gasteiger partial charge in [-0.1, -0.05) is 86.8 Å². The SMILES string of the molecule is CCCCC1=Nc2ccccc2Oc2ccccc21.ClC1=Nc2ccccc2Oc2ccccc21.[CH2-]CCC.[Cl-].[Mg+2]. The molecule has 0 aromatic heterocycles. The Morgan fingerprint density at radius 1 is 0.634 bits per heavy atom. The van der Waals surface area contributed by atoms with E-state index in [1.165, 1.54) is 12.8 Å². The molecule has 7 heteroatoms. The third kappa shape index (κ3) is 9.34. The zero-order valence-corrected chi connectivity index (χ0v) is 26.6. The van der Waals surface area contributed by atoms with E-state index in [0.717, 1.165) is 70.5 Å². The van der Waals surface area contributed by atoms with E-state index in [2.05, 4.69) is 31.8 Å². The van der Waals surface area contributed by atoms with Crippen LogP contribution in [-0.2, 0) is 0 Å². The molecule has 0 saturated heterocycles. The summed E-state index contributed by atoms with van der Waals surface area (Å²) in [4.78, 5) is 9.15. The molecule has 2 heterocycles. The summed E-state index contributed by atoms with van der Waals surface area (Å²) < 4.78 is 11.8. The molecule has 0 radical (unpaired) electrons. The fourth-order valence-corrected chi connectivity index (χ4v) is 4.18. The number of nitrogens with zero attached hydrogens (tertiary/aromatic N) is 2. The molecule has 0 bridgehead atoms. The topological polar surface area (TPSA) is 43.2 Å². The number of unbranched alkanes of at least 4 members (excludes halogenated alkanes) is 2. The van der Waals surface area contributed by atoms with Crippen molar-refractivity contribution in [3.63, 3.8) is 0 Å². The third-order valence-corrected chi connectivity index (χ3v) is 6.36. The molecule has 0 spiro atoms. The number of halogens is 2. The van der Waals surface area contributed by atoms with Crippen LogP contribution in [0.4, 0.5) is 11.4 Å². The van der Waals surface area contributed by atoms with Gasteiger partial charge in [0.1, 0.15) is 28.0 Å². The van der Waals surface area contributed by atoms with Crippen LogP contribution < -0.4 is 21.9 Å². The molecule has 0 amide bonds. The Morgan fingerprint density at radius 3 is 1.61 bits per heavy atom. The first kappa shape index (κ1) is 34.4. The van der Waals surface area contributed by atoms with E-state index in [4.69, 9.17) is 26.1 Å². The standard InChI is InChI=1S/C17H17NO.C13H8ClNO.C4H9.ClH.Mg/c1-2-3-9-14-13-8-4-6-11-16(13)19-17-12-7-5-10-15(17)18-14;14-13-9-5-1-3-7-11(9)16-12-8-4-2-6-10(12)15-13;1-3-4-2;;/h4-8,10-12H,2-3,9H2,1H3;1-8H;1,3-4H2,2H3;1H;/q;;-1;;+2/p-1. The van der Waals surface area contributed by atoms with E-state index in [1.54, 1.807) is 0 Å². The maximum atomic E-state index is 6.15. The van der Waals surface area contributed by atoms with Crippen molar-refractivity contribution in [3.8, 4) is 23.0 Å². The van der Waals surface area contributed by atoms with E-state index in [-0.39, 0.29) is 35.5 Å². The predicted molar refractivity (Wildman–Crippen MR) is 170 cm³/mol. The maximum Gasteiger partial charge on any atom is 2.00 e. The molecule has 0 fully saturated rings. The van der Waals surface area contributed by atoms with Gasteiger partial charge in [-0.25, -0.2) is 9.98 Å². The zero-order valence-electron chi connectivity index (χ0n) is 23.7. The van der Waals surface area contributed by atoms with Crippen LogP contribution >= 0.6 is 11.6 Å². The van der Waals surface area contributed by atoms with Gasteiger partial charge in [-0.2, -0.15) is 6.42 Å². The van der Waals surface area contributed by atoms with E-state index in [1.807, 2.05) is 91.0 Å². The Bertz CT molecular complexity index is 1450. The first-order valence-corrected chi connectivity index (χ1v) is 13.9. The molecule has 0 atom stereocenters. The summed E-state index contributed by atoms with van der Waals surface area (Å²) in [6, 6.07) is 31.3. The van der Waals surface area contributed by atoms with Gasteiger partial charge in [-0.3, -0.25) is 0 Å². The van der Waals surface area contributed by atoms with Crippen LogP contribution in [0.2, 0.25) is 0 Å². The van der Waals surface area contributed by atoms with E-state index in [0.29, 0.717) is 5.17 Å². The minimum atomic E-state index is 0. The van der Waals surface area contributed by atoms with Crippen molar-refractivity contribution in [2.75, 3.05) is 0 Å². The second-order valence-corrected chi connectivity index (χ2v) is 9.41. The number of hydrogen-bond acceptors (Lipinski definition) is 4. The molecule has 4 nitrogen and oxygen atoms in total. The molecule has 4 aromatic rings. The second kappa shape index (κ2) is 17.9. The number of ether oxygens (including phenoxy) is 2. The van der Waals surface area contributed by atoms with E-state index >= 15 is 0 Å². The largest absolute Gasteiger partial charge is 2.00 e. The molecule has 2 aliphatic heterocycles. The molecule has 0 saturated carbocycles. The van der Waals surface area contributed by atoms with Gasteiger partial charge in [0.05, 0.1) is 11.3 Å². The van der Waals surface area contributed by atoms with Crippen LogP contribution in [0.1, 0.15) is 57.1 Å². The average Bonchev–Trinajstić information content (AvgIpc) is 3.23. The summed E-state index contributed by atoms with van der Waals surface area (Å²) >= 11 is 6.15. The number of aliphatic imine (C=N–C) groups is 2. The first-order chi connectivity index (χ1) is 19.1. The van der Waals surface area contributed by atoms with Gasteiger partial charge < -0.3 is 28.8 Å². The molecular weight excluding hydrogens is 564 g/mol. The van der Waals surface area contributed by atoms with Crippen molar-refractivity contribution >= 4 is 56.9 Å². The Labute approximate surface area is 271 Å². The number of hydrogen-bond donors (Lipinski definition) is 0. The summed E-state index contributed by atoms with van der Waals surface area (Å²) in [5.41, 5.74) is 4.74. The van der Waals surface area contributed by atoms with Crippen LogP contribution in [0.3, 0.4) is 0 Å². The van der Waals surface area contributed by atoms with Crippen LogP contribution in [0.25, 0.3) is 0 Å². The normalized spacial score (nSPS) is 11.7. The van der Waals surface area contributed by atoms with E-state index < -0.39 is 0 Å². The fraction of sp³-hybridized carbons (Fsp3) is 0.206. The van der Waals surface area contributed by atoms with E-state index in [9.17, 15) is 0 Å². The third-order valence-electron chi connectivity index (χ3n) is 6.07. The molecular formula is C34H34Cl2MgN2O2. The van der Waals surface area contributed by atoms with Crippen LogP contribution in [0.15, 0.2) is 107 Å². The van der Waals surface area contributed by atoms with Crippen molar-refractivity contribution in [1.29, 1.82) is 0 Å². The molecule has 4 aromatic carbocycles. The van der Waals surface area contributed by atoms with Gasteiger partial charge in [0.25, 0.3) is 0 Å². The first-order valence-electron chi connectivity index (χ1n) is 13.5. The summed E-state index contributed by atoms with van der Waals surface area (Å²) in [5.74, 6) is 3.20. The van der Waals surface area contributed by atoms with Gasteiger partial charge in [0.15, 0.2) is 11.5 Å². The van der Waals surface area contributed by atoms with Crippen molar-refractivity contribution in [2.45, 2.75) is 46.0 Å². The number of rotatable bonds is 4. The smallest absolute Gasteiger partial charge is 1.00 e. The molecule has 2 aliphatic rings. The number of para-hydroxylation sites is 6. The van der Waals surface area contributed by atoms with Crippen molar-refractivity contribution < 1.29 is 21.9 Å². The summed E-state index contributed by atoms with van der Waals surface area (Å²) in [6.45, 7) is 7.92. The van der Waals surface area contributed by atoms with Crippen molar-refractivity contribution in [2.24, 2.45) is 9.98 Å². The summed E-state index contributed by atoms with van der Waals surface area (Å²) in [5, 5.41) is 0.459. The fourth-order valence-electron chi connectivity index (χ4n) is 3.94. The average molecular weight is 598 g/mol. The quantitative estimate of drug-likeness (QED) is 0.181. The van der Waals surface area contributed by atoms with Crippen molar-refractivity contribution in [3.05, 3.63) is 115 Å². The zero-order chi connectivity index (χ0) is 27.5. The molecule has 0 unspecified atom stereocenters. The van der Waals surface area contributed by atoms with Crippen LogP contribution in [0, 0.1) is 6.92 Å². The van der Waals surface area contributed by atoms with Gasteiger partial charge in [-0.05, 0) is 61.4 Å². The molecule has 41 heavy (non-hydrogen) atoms. The predicted octanol–water partition coefficient (Wildman–Crippen LogP) is 7.46. The molecule has 208 valence electrons. The number of fused-ring (bicyclic) bond motifs is 4. The Kier molecular flexibility index (Phi) is 15.0. The van der Waals surface area contributed by atoms with Crippen molar-refractivity contribution in [1.82, 2.24) is 0 Å². The Hall–Kier alpha value is -2.83. The second-order valence-electron chi connectivity index (χ2n) is 9.05. The van der Waals surface area contributed by atoms with Gasteiger partial charge >= 0.3 is 23.1 Å². The minimum absolute atomic E-state index is 0. The molecule has 0 aliphatic carbocycles. The molecule has 6 rings (SSSR count). The van der Waals surface area contributed by atoms with Gasteiger partial charge in [0, 0.05) is 5.56 Å². The summed E-state index contributed by atoms with van der Waals surface area (Å²) in [7, 11) is 0. The van der Waals surface area contributed by atoms with Crippen LogP contribution in [-0.4, -0.2) is 33.9 Å². The Balaban J connectivity index is 0.000000246. The monoisotopic (exact) mass is 596 g/mol. The minimum Gasteiger partial charge on any atom is -1.00 e. The van der Waals surface area contributed by atoms with Gasteiger partial charge in [-0.15, -0.1) is 0 Å². The number of benzene rings is 4. The maximum absolute atomic E-state index is 6.15. The van der Waals surface area contributed by atoms with Crippen LogP contribution in [0.5, 0.6) is 23.0 Å². The van der Waals surface area contributed by atoms with Gasteiger partial charge in [0.2, 0.25) is 0 Å². The Morgan fingerprint density at radius 2 is 1.07 bits per heavy atom. The molecule has 0 N–H and O–H groups in total. The summed E-state index contributed by atoms with van der Waals surface area (Å²) in [6.07, 6.45) is 5.59.